The lowest BCUT2D eigenvalue weighted by Gasteiger charge is -2.22. The molecule has 0 bridgehead atoms. The molecule has 6 heteroatoms. The van der Waals surface area contributed by atoms with E-state index in [1.807, 2.05) is 0 Å². The first kappa shape index (κ1) is 12.7. The quantitative estimate of drug-likeness (QED) is 0.428. The van der Waals surface area contributed by atoms with Gasteiger partial charge in [0.15, 0.2) is 5.78 Å². The Labute approximate surface area is 114 Å². The largest absolute Gasteiger partial charge is 0.299 e. The van der Waals surface area contributed by atoms with E-state index in [1.54, 1.807) is 6.07 Å². The summed E-state index contributed by atoms with van der Waals surface area (Å²) in [5.41, 5.74) is 0.307. The Hall–Kier alpha value is -2.37. The number of hydrogen-bond donors (Lipinski definition) is 0. The van der Waals surface area contributed by atoms with Gasteiger partial charge in [-0.1, -0.05) is 0 Å². The van der Waals surface area contributed by atoms with Crippen LogP contribution in [-0.2, 0) is 9.59 Å². The van der Waals surface area contributed by atoms with Crippen molar-refractivity contribution in [3.8, 4) is 0 Å². The number of ketones is 2. The number of amides is 2. The van der Waals surface area contributed by atoms with E-state index in [2.05, 4.69) is 4.98 Å². The Kier molecular flexibility index (Phi) is 2.93. The van der Waals surface area contributed by atoms with Crippen LogP contribution in [0.5, 0.6) is 0 Å². The number of pyridine rings is 1. The van der Waals surface area contributed by atoms with Gasteiger partial charge < -0.3 is 0 Å². The third-order valence-corrected chi connectivity index (χ3v) is 3.67. The fourth-order valence-corrected chi connectivity index (χ4v) is 2.69. The summed E-state index contributed by atoms with van der Waals surface area (Å²) in [7, 11) is 0. The van der Waals surface area contributed by atoms with E-state index in [-0.39, 0.29) is 29.2 Å². The zero-order valence-corrected chi connectivity index (χ0v) is 10.7. The molecule has 0 N–H and O–H groups in total. The van der Waals surface area contributed by atoms with Gasteiger partial charge in [0.1, 0.15) is 11.5 Å². The van der Waals surface area contributed by atoms with Crippen molar-refractivity contribution < 1.29 is 19.2 Å². The first-order valence-corrected chi connectivity index (χ1v) is 6.47. The standard InChI is InChI=1S/C14H12N2O4/c17-8-3-1-5-10(11(18)7-8)16-13(19)9-4-2-6-15-12(9)14(16)20/h2,4,6,10H,1,3,5,7H2/t10-/m0/s1. The summed E-state index contributed by atoms with van der Waals surface area (Å²) >= 11 is 0. The Bertz CT molecular complexity index is 603. The van der Waals surface area contributed by atoms with Gasteiger partial charge in [-0.3, -0.25) is 29.1 Å². The summed E-state index contributed by atoms with van der Waals surface area (Å²) in [5, 5.41) is 0. The van der Waals surface area contributed by atoms with Gasteiger partial charge in [-0.2, -0.15) is 0 Å². The number of imide groups is 1. The van der Waals surface area contributed by atoms with Crippen LogP contribution in [0, 0.1) is 0 Å². The van der Waals surface area contributed by atoms with Gasteiger partial charge in [0, 0.05) is 12.6 Å². The second-order valence-electron chi connectivity index (χ2n) is 4.97. The molecule has 2 heterocycles. The molecule has 102 valence electrons. The van der Waals surface area contributed by atoms with Crippen LogP contribution in [0.2, 0.25) is 0 Å². The van der Waals surface area contributed by atoms with E-state index in [4.69, 9.17) is 0 Å². The number of hydrogen-bond acceptors (Lipinski definition) is 5. The molecule has 3 rings (SSSR count). The Morgan fingerprint density at radius 1 is 1.15 bits per heavy atom. The molecule has 20 heavy (non-hydrogen) atoms. The van der Waals surface area contributed by atoms with Gasteiger partial charge >= 0.3 is 0 Å². The second kappa shape index (κ2) is 4.63. The van der Waals surface area contributed by atoms with Crippen molar-refractivity contribution >= 4 is 23.4 Å². The van der Waals surface area contributed by atoms with Gasteiger partial charge in [-0.25, -0.2) is 0 Å². The van der Waals surface area contributed by atoms with E-state index >= 15 is 0 Å². The van der Waals surface area contributed by atoms with Crippen LogP contribution in [0.3, 0.4) is 0 Å². The van der Waals surface area contributed by atoms with E-state index in [0.717, 1.165) is 4.90 Å². The average Bonchev–Trinajstić information content (AvgIpc) is 2.57. The first-order chi connectivity index (χ1) is 9.59. The van der Waals surface area contributed by atoms with Crippen LogP contribution in [0.1, 0.15) is 46.5 Å². The van der Waals surface area contributed by atoms with Crippen molar-refractivity contribution in [1.82, 2.24) is 9.88 Å². The van der Waals surface area contributed by atoms with Crippen LogP contribution in [0.15, 0.2) is 18.3 Å². The molecule has 1 saturated carbocycles. The molecule has 0 radical (unpaired) electrons. The lowest BCUT2D eigenvalue weighted by molar-refractivity contribution is -0.128. The third kappa shape index (κ3) is 1.84. The molecule has 2 amide bonds. The fourth-order valence-electron chi connectivity index (χ4n) is 2.69. The highest BCUT2D eigenvalue weighted by Gasteiger charge is 2.44. The summed E-state index contributed by atoms with van der Waals surface area (Å²) in [5.74, 6) is -1.53. The van der Waals surface area contributed by atoms with Crippen molar-refractivity contribution in [3.63, 3.8) is 0 Å². The van der Waals surface area contributed by atoms with E-state index < -0.39 is 17.9 Å². The zero-order chi connectivity index (χ0) is 14.3. The molecule has 1 aromatic heterocycles. The van der Waals surface area contributed by atoms with Crippen molar-refractivity contribution in [2.24, 2.45) is 0 Å². The molecule has 1 fully saturated rings. The van der Waals surface area contributed by atoms with Crippen LogP contribution in [-0.4, -0.2) is 39.3 Å². The minimum atomic E-state index is -0.837. The number of fused-ring (bicyclic) bond motifs is 1. The summed E-state index contributed by atoms with van der Waals surface area (Å²) in [6.45, 7) is 0. The molecule has 2 aliphatic rings. The molecule has 1 atom stereocenters. The third-order valence-electron chi connectivity index (χ3n) is 3.67. The number of nitrogens with zero attached hydrogens (tertiary/aromatic N) is 2. The van der Waals surface area contributed by atoms with Crippen molar-refractivity contribution in [1.29, 1.82) is 0 Å². The average molecular weight is 272 g/mol. The lowest BCUT2D eigenvalue weighted by Crippen LogP contribution is -2.44. The van der Waals surface area contributed by atoms with Gasteiger partial charge in [-0.05, 0) is 25.0 Å². The molecule has 0 saturated heterocycles. The van der Waals surface area contributed by atoms with E-state index in [1.165, 1.54) is 12.3 Å². The van der Waals surface area contributed by atoms with Gasteiger partial charge in [0.05, 0.1) is 18.0 Å². The zero-order valence-electron chi connectivity index (χ0n) is 10.7. The van der Waals surface area contributed by atoms with E-state index in [9.17, 15) is 19.2 Å². The molecular weight excluding hydrogens is 260 g/mol. The van der Waals surface area contributed by atoms with Gasteiger partial charge in [0.25, 0.3) is 11.8 Å². The molecule has 1 aromatic rings. The molecule has 1 aliphatic carbocycles. The first-order valence-electron chi connectivity index (χ1n) is 6.47. The summed E-state index contributed by atoms with van der Waals surface area (Å²) in [6.07, 6.45) is 2.41. The SMILES string of the molecule is O=C1CCC[C@H](N2C(=O)c3cccnc3C2=O)C(=O)C1. The maximum Gasteiger partial charge on any atom is 0.280 e. The highest BCUT2D eigenvalue weighted by atomic mass is 16.2. The van der Waals surface area contributed by atoms with Gasteiger partial charge in [0.2, 0.25) is 0 Å². The summed E-state index contributed by atoms with van der Waals surface area (Å²) in [6, 6.07) is 2.26. The summed E-state index contributed by atoms with van der Waals surface area (Å²) < 4.78 is 0. The topological polar surface area (TPSA) is 84.4 Å². The predicted molar refractivity (Wildman–Crippen MR) is 67.0 cm³/mol. The fraction of sp³-hybridized carbons (Fsp3) is 0.357. The molecule has 0 unspecified atom stereocenters. The van der Waals surface area contributed by atoms with Crippen molar-refractivity contribution in [2.45, 2.75) is 31.7 Å². The predicted octanol–water partition coefficient (Wildman–Crippen LogP) is 0.758. The van der Waals surface area contributed by atoms with Crippen molar-refractivity contribution in [2.75, 3.05) is 0 Å². The van der Waals surface area contributed by atoms with E-state index in [0.29, 0.717) is 19.3 Å². The van der Waals surface area contributed by atoms with Crippen LogP contribution < -0.4 is 0 Å². The minimum Gasteiger partial charge on any atom is -0.299 e. The minimum absolute atomic E-state index is 0.0841. The van der Waals surface area contributed by atoms with Crippen LogP contribution >= 0.6 is 0 Å². The number of aromatic nitrogens is 1. The molecular formula is C14H12N2O4. The monoisotopic (exact) mass is 272 g/mol. The maximum absolute atomic E-state index is 12.3. The number of carbonyl (C=O) groups excluding carboxylic acids is 4. The maximum atomic E-state index is 12.3. The highest BCUT2D eigenvalue weighted by Crippen LogP contribution is 2.27. The lowest BCUT2D eigenvalue weighted by atomic mass is 10.1. The van der Waals surface area contributed by atoms with Crippen LogP contribution in [0.4, 0.5) is 0 Å². The van der Waals surface area contributed by atoms with Crippen molar-refractivity contribution in [3.05, 3.63) is 29.6 Å². The molecule has 0 aromatic carbocycles. The second-order valence-corrected chi connectivity index (χ2v) is 4.97. The number of Topliss-reactive ketones (excluding diaryl/α,β-unsaturated/α-hetero) is 2. The normalized spacial score (nSPS) is 23.0. The van der Waals surface area contributed by atoms with Gasteiger partial charge in [-0.15, -0.1) is 0 Å². The molecule has 6 nitrogen and oxygen atoms in total. The molecule has 1 aliphatic heterocycles. The smallest absolute Gasteiger partial charge is 0.280 e. The Balaban J connectivity index is 1.96. The Morgan fingerprint density at radius 2 is 1.95 bits per heavy atom. The highest BCUT2D eigenvalue weighted by molar-refractivity contribution is 6.22. The molecule has 0 spiro atoms. The number of rotatable bonds is 1. The summed E-state index contributed by atoms with van der Waals surface area (Å²) in [4.78, 5) is 52.9. The van der Waals surface area contributed by atoms with Crippen LogP contribution in [0.25, 0.3) is 0 Å². The number of carbonyl (C=O) groups is 4. The Morgan fingerprint density at radius 3 is 2.70 bits per heavy atom.